The topological polar surface area (TPSA) is 63.1 Å². The lowest BCUT2D eigenvalue weighted by molar-refractivity contribution is -0.119. The van der Waals surface area contributed by atoms with Crippen molar-refractivity contribution in [1.29, 1.82) is 0 Å². The molecule has 0 spiro atoms. The Labute approximate surface area is 94.6 Å². The number of ketones is 1. The Kier molecular flexibility index (Phi) is 3.63. The van der Waals surface area contributed by atoms with Crippen LogP contribution in [0.4, 0.5) is 0 Å². The molecule has 0 unspecified atom stereocenters. The van der Waals surface area contributed by atoms with Gasteiger partial charge in [0.05, 0.1) is 18.7 Å². The van der Waals surface area contributed by atoms with Gasteiger partial charge in [-0.25, -0.2) is 0 Å². The second kappa shape index (κ2) is 5.18. The summed E-state index contributed by atoms with van der Waals surface area (Å²) >= 11 is 0. The van der Waals surface area contributed by atoms with Crippen LogP contribution in [0.15, 0.2) is 6.20 Å². The summed E-state index contributed by atoms with van der Waals surface area (Å²) in [5.41, 5.74) is 0.752. The minimum Gasteiger partial charge on any atom is -0.314 e. The molecule has 2 heterocycles. The normalized spacial score (nSPS) is 17.6. The molecule has 1 N–H and O–H groups in total. The van der Waals surface area contributed by atoms with E-state index in [1.54, 1.807) is 17.9 Å². The lowest BCUT2D eigenvalue weighted by Gasteiger charge is -2.26. The van der Waals surface area contributed by atoms with Crippen LogP contribution in [0.5, 0.6) is 0 Å². The number of carbonyl (C=O) groups excluding carboxylic acids is 1. The molecular formula is C10H17N5O. The van der Waals surface area contributed by atoms with Gasteiger partial charge in [0.25, 0.3) is 0 Å². The van der Waals surface area contributed by atoms with Crippen LogP contribution < -0.4 is 5.32 Å². The molecule has 1 fully saturated rings. The Morgan fingerprint density at radius 2 is 2.25 bits per heavy atom. The lowest BCUT2D eigenvalue weighted by Crippen LogP contribution is -2.45. The molecule has 0 radical (unpaired) electrons. The molecule has 1 aliphatic heterocycles. The molecule has 0 aromatic carbocycles. The van der Waals surface area contributed by atoms with Crippen molar-refractivity contribution in [2.24, 2.45) is 7.05 Å². The van der Waals surface area contributed by atoms with Gasteiger partial charge in [-0.2, -0.15) is 0 Å². The average molecular weight is 223 g/mol. The maximum atomic E-state index is 11.8. The van der Waals surface area contributed by atoms with Gasteiger partial charge < -0.3 is 5.32 Å². The number of piperazine rings is 1. The Hall–Kier alpha value is -1.27. The van der Waals surface area contributed by atoms with E-state index in [-0.39, 0.29) is 5.78 Å². The van der Waals surface area contributed by atoms with E-state index < -0.39 is 0 Å². The van der Waals surface area contributed by atoms with Crippen LogP contribution in [0, 0.1) is 0 Å². The minimum absolute atomic E-state index is 0.211. The maximum Gasteiger partial charge on any atom is 0.152 e. The summed E-state index contributed by atoms with van der Waals surface area (Å²) in [7, 11) is 1.80. The fourth-order valence-electron chi connectivity index (χ4n) is 1.85. The molecular weight excluding hydrogens is 206 g/mol. The summed E-state index contributed by atoms with van der Waals surface area (Å²) in [4.78, 5) is 13.9. The van der Waals surface area contributed by atoms with E-state index in [9.17, 15) is 4.79 Å². The molecule has 6 nitrogen and oxygen atoms in total. The Balaban J connectivity index is 1.79. The number of hydrogen-bond acceptors (Lipinski definition) is 5. The first-order chi connectivity index (χ1) is 7.74. The van der Waals surface area contributed by atoms with Crippen LogP contribution in [0.3, 0.4) is 0 Å². The van der Waals surface area contributed by atoms with Crippen LogP contribution in [0.2, 0.25) is 0 Å². The number of aromatic nitrogens is 3. The predicted molar refractivity (Wildman–Crippen MR) is 59.0 cm³/mol. The zero-order chi connectivity index (χ0) is 11.4. The average Bonchev–Trinajstić information content (AvgIpc) is 2.65. The highest BCUT2D eigenvalue weighted by Gasteiger charge is 2.14. The summed E-state index contributed by atoms with van der Waals surface area (Å²) in [6.07, 6.45) is 2.17. The fourth-order valence-corrected chi connectivity index (χ4v) is 1.85. The number of aryl methyl sites for hydroxylation is 1. The van der Waals surface area contributed by atoms with Crippen LogP contribution in [-0.2, 0) is 18.3 Å². The molecule has 6 heteroatoms. The molecule has 0 atom stereocenters. The number of rotatable bonds is 4. The maximum absolute atomic E-state index is 11.8. The molecule has 0 bridgehead atoms. The van der Waals surface area contributed by atoms with E-state index in [1.807, 2.05) is 0 Å². The van der Waals surface area contributed by atoms with Crippen molar-refractivity contribution in [2.75, 3.05) is 32.7 Å². The molecule has 0 aliphatic carbocycles. The molecule has 1 saturated heterocycles. The van der Waals surface area contributed by atoms with Gasteiger partial charge in [-0.1, -0.05) is 5.21 Å². The largest absolute Gasteiger partial charge is 0.314 e. The van der Waals surface area contributed by atoms with Crippen LogP contribution in [0.1, 0.15) is 5.69 Å². The van der Waals surface area contributed by atoms with Crippen LogP contribution in [-0.4, -0.2) is 58.4 Å². The summed E-state index contributed by atoms with van der Waals surface area (Å²) in [6, 6.07) is 0. The molecule has 1 aromatic rings. The molecule has 1 aromatic heterocycles. The third-order valence-electron chi connectivity index (χ3n) is 2.64. The van der Waals surface area contributed by atoms with Gasteiger partial charge in [0.1, 0.15) is 0 Å². The second-order valence-corrected chi connectivity index (χ2v) is 4.13. The van der Waals surface area contributed by atoms with E-state index in [2.05, 4.69) is 20.5 Å². The number of Topliss-reactive ketones (excluding diaryl/α,β-unsaturated/α-hetero) is 1. The van der Waals surface area contributed by atoms with Crippen molar-refractivity contribution < 1.29 is 4.79 Å². The number of nitrogens with one attached hydrogen (secondary N) is 1. The van der Waals surface area contributed by atoms with Gasteiger partial charge >= 0.3 is 0 Å². The summed E-state index contributed by atoms with van der Waals surface area (Å²) in [6.45, 7) is 4.37. The molecule has 0 saturated carbocycles. The number of hydrogen-bond donors (Lipinski definition) is 1. The first-order valence-corrected chi connectivity index (χ1v) is 5.54. The van der Waals surface area contributed by atoms with Crippen molar-refractivity contribution in [3.63, 3.8) is 0 Å². The quantitative estimate of drug-likeness (QED) is 0.697. The van der Waals surface area contributed by atoms with Gasteiger partial charge in [-0.3, -0.25) is 14.4 Å². The van der Waals surface area contributed by atoms with Gasteiger partial charge in [0.15, 0.2) is 5.78 Å². The third kappa shape index (κ3) is 3.11. The summed E-state index contributed by atoms with van der Waals surface area (Å²) in [5.74, 6) is 0.211. The lowest BCUT2D eigenvalue weighted by atomic mass is 10.2. The molecule has 1 aliphatic rings. The van der Waals surface area contributed by atoms with Crippen molar-refractivity contribution in [3.05, 3.63) is 11.9 Å². The monoisotopic (exact) mass is 223 g/mol. The fraction of sp³-hybridized carbons (Fsp3) is 0.700. The standard InChI is InChI=1S/C10H17N5O/c1-14-7-9(12-13-14)6-10(16)8-15-4-2-11-3-5-15/h7,11H,2-6,8H2,1H3. The third-order valence-corrected chi connectivity index (χ3v) is 2.64. The van der Waals surface area contributed by atoms with E-state index in [4.69, 9.17) is 0 Å². The van der Waals surface area contributed by atoms with E-state index in [1.165, 1.54) is 0 Å². The van der Waals surface area contributed by atoms with Crippen molar-refractivity contribution >= 4 is 5.78 Å². The van der Waals surface area contributed by atoms with E-state index in [0.29, 0.717) is 13.0 Å². The van der Waals surface area contributed by atoms with Gasteiger partial charge in [0, 0.05) is 39.4 Å². The Morgan fingerprint density at radius 3 is 2.88 bits per heavy atom. The number of carbonyl (C=O) groups is 1. The van der Waals surface area contributed by atoms with Crippen molar-refractivity contribution in [2.45, 2.75) is 6.42 Å². The highest BCUT2D eigenvalue weighted by molar-refractivity contribution is 5.82. The van der Waals surface area contributed by atoms with Gasteiger partial charge in [0.2, 0.25) is 0 Å². The SMILES string of the molecule is Cn1cc(CC(=O)CN2CCNCC2)nn1. The summed E-state index contributed by atoms with van der Waals surface area (Å²) in [5, 5.41) is 11.0. The van der Waals surface area contributed by atoms with Crippen molar-refractivity contribution in [1.82, 2.24) is 25.2 Å². The van der Waals surface area contributed by atoms with E-state index >= 15 is 0 Å². The van der Waals surface area contributed by atoms with Crippen molar-refractivity contribution in [3.8, 4) is 0 Å². The highest BCUT2D eigenvalue weighted by Crippen LogP contribution is 1.98. The Morgan fingerprint density at radius 1 is 1.50 bits per heavy atom. The zero-order valence-corrected chi connectivity index (χ0v) is 9.52. The predicted octanol–water partition coefficient (Wildman–Crippen LogP) is -1.17. The molecule has 0 amide bonds. The highest BCUT2D eigenvalue weighted by atomic mass is 16.1. The van der Waals surface area contributed by atoms with Gasteiger partial charge in [-0.15, -0.1) is 5.10 Å². The van der Waals surface area contributed by atoms with Gasteiger partial charge in [-0.05, 0) is 0 Å². The molecule has 88 valence electrons. The first-order valence-electron chi connectivity index (χ1n) is 5.54. The first kappa shape index (κ1) is 11.2. The minimum atomic E-state index is 0.211. The zero-order valence-electron chi connectivity index (χ0n) is 9.52. The number of nitrogens with zero attached hydrogens (tertiary/aromatic N) is 4. The van der Waals surface area contributed by atoms with Crippen LogP contribution in [0.25, 0.3) is 0 Å². The second-order valence-electron chi connectivity index (χ2n) is 4.13. The van der Waals surface area contributed by atoms with E-state index in [0.717, 1.165) is 31.9 Å². The Bertz CT molecular complexity index is 356. The van der Waals surface area contributed by atoms with Crippen LogP contribution >= 0.6 is 0 Å². The molecule has 2 rings (SSSR count). The summed E-state index contributed by atoms with van der Waals surface area (Å²) < 4.78 is 1.62. The molecule has 16 heavy (non-hydrogen) atoms. The smallest absolute Gasteiger partial charge is 0.152 e.